The topological polar surface area (TPSA) is 67.4 Å². The van der Waals surface area contributed by atoms with Gasteiger partial charge in [0.15, 0.2) is 0 Å². The largest absolute Gasteiger partial charge is 0.496 e. The first-order valence-corrected chi connectivity index (χ1v) is 7.28. The summed E-state index contributed by atoms with van der Waals surface area (Å²) in [7, 11) is 1.60. The van der Waals surface area contributed by atoms with Gasteiger partial charge in [0, 0.05) is 17.5 Å². The van der Waals surface area contributed by atoms with Gasteiger partial charge < -0.3 is 15.4 Å². The molecule has 2 N–H and O–H groups in total. The molecule has 5 heteroatoms. The van der Waals surface area contributed by atoms with Gasteiger partial charge in [-0.2, -0.15) is 0 Å². The summed E-state index contributed by atoms with van der Waals surface area (Å²) in [4.78, 5) is 23.9. The Labute approximate surface area is 129 Å². The number of fused-ring (bicyclic) bond motifs is 1. The van der Waals surface area contributed by atoms with Crippen LogP contribution in [0, 0.1) is 0 Å². The van der Waals surface area contributed by atoms with E-state index < -0.39 is 0 Å². The fraction of sp³-hybridized carbons (Fsp3) is 0.294. The number of methoxy groups -OCH3 is 1. The molecule has 0 unspecified atom stereocenters. The van der Waals surface area contributed by atoms with Crippen molar-refractivity contribution in [2.24, 2.45) is 0 Å². The molecule has 0 atom stereocenters. The highest BCUT2D eigenvalue weighted by Crippen LogP contribution is 2.28. The quantitative estimate of drug-likeness (QED) is 0.858. The number of carbonyl (C=O) groups is 2. The Morgan fingerprint density at radius 3 is 2.45 bits per heavy atom. The molecule has 2 aromatic rings. The first kappa shape index (κ1) is 15.8. The Morgan fingerprint density at radius 1 is 1.05 bits per heavy atom. The van der Waals surface area contributed by atoms with Crippen molar-refractivity contribution < 1.29 is 14.3 Å². The first-order valence-electron chi connectivity index (χ1n) is 7.28. The van der Waals surface area contributed by atoms with E-state index in [2.05, 4.69) is 10.6 Å². The van der Waals surface area contributed by atoms with Gasteiger partial charge in [0.25, 0.3) is 5.91 Å². The molecule has 2 amide bonds. The molecule has 2 rings (SSSR count). The van der Waals surface area contributed by atoms with E-state index >= 15 is 0 Å². The Hall–Kier alpha value is -2.56. The molecule has 0 aliphatic carbocycles. The van der Waals surface area contributed by atoms with Crippen LogP contribution in [0.4, 0.5) is 0 Å². The van der Waals surface area contributed by atoms with Crippen molar-refractivity contribution in [3.05, 3.63) is 42.0 Å². The molecule has 0 aliphatic rings. The molecule has 0 saturated heterocycles. The van der Waals surface area contributed by atoms with Gasteiger partial charge in [-0.3, -0.25) is 9.59 Å². The highest BCUT2D eigenvalue weighted by molar-refractivity contribution is 6.09. The number of hydrogen-bond donors (Lipinski definition) is 2. The molecule has 5 nitrogen and oxygen atoms in total. The van der Waals surface area contributed by atoms with Crippen molar-refractivity contribution >= 4 is 22.6 Å². The van der Waals surface area contributed by atoms with Crippen LogP contribution in [0.5, 0.6) is 5.75 Å². The molecule has 0 aromatic heterocycles. The van der Waals surface area contributed by atoms with Crippen LogP contribution in [0.1, 0.15) is 23.7 Å². The minimum atomic E-state index is -0.273. The number of ether oxygens (including phenoxy) is 1. The van der Waals surface area contributed by atoms with Gasteiger partial charge in [-0.15, -0.1) is 0 Å². The van der Waals surface area contributed by atoms with Gasteiger partial charge in [-0.1, -0.05) is 31.2 Å². The molecule has 2 aromatic carbocycles. The molecule has 0 saturated carbocycles. The lowest BCUT2D eigenvalue weighted by atomic mass is 10.0. The van der Waals surface area contributed by atoms with Crippen LogP contribution in [0.25, 0.3) is 10.8 Å². The van der Waals surface area contributed by atoms with Crippen LogP contribution in [-0.4, -0.2) is 32.0 Å². The number of rotatable bonds is 6. The predicted molar refractivity (Wildman–Crippen MR) is 86.1 cm³/mol. The fourth-order valence-electron chi connectivity index (χ4n) is 2.23. The monoisotopic (exact) mass is 300 g/mol. The van der Waals surface area contributed by atoms with Gasteiger partial charge in [0.05, 0.1) is 13.7 Å². The average Bonchev–Trinajstić information content (AvgIpc) is 2.56. The highest BCUT2D eigenvalue weighted by atomic mass is 16.5. The second kappa shape index (κ2) is 7.45. The van der Waals surface area contributed by atoms with E-state index in [1.54, 1.807) is 19.2 Å². The van der Waals surface area contributed by atoms with Gasteiger partial charge in [0.1, 0.15) is 5.75 Å². The molecule has 0 spiro atoms. The maximum absolute atomic E-state index is 12.3. The van der Waals surface area contributed by atoms with Crippen LogP contribution in [0.15, 0.2) is 36.4 Å². The van der Waals surface area contributed by atoms with Crippen LogP contribution in [0.3, 0.4) is 0 Å². The average molecular weight is 300 g/mol. The second-order valence-corrected chi connectivity index (χ2v) is 4.89. The smallest absolute Gasteiger partial charge is 0.252 e. The predicted octanol–water partition coefficient (Wildman–Crippen LogP) is 2.10. The zero-order valence-corrected chi connectivity index (χ0v) is 12.8. The number of benzene rings is 2. The van der Waals surface area contributed by atoms with Gasteiger partial charge in [-0.25, -0.2) is 0 Å². The summed E-state index contributed by atoms with van der Waals surface area (Å²) in [6.45, 7) is 2.56. The Balaban J connectivity index is 2.17. The minimum Gasteiger partial charge on any atom is -0.496 e. The maximum atomic E-state index is 12.3. The molecule has 22 heavy (non-hydrogen) atoms. The molecular weight excluding hydrogens is 280 g/mol. The molecular formula is C17H20N2O3. The maximum Gasteiger partial charge on any atom is 0.252 e. The van der Waals surface area contributed by atoms with Crippen LogP contribution < -0.4 is 15.4 Å². The SMILES string of the molecule is CCCNC(=O)CNC(=O)c1ccc(OC)c2ccccc12. The summed E-state index contributed by atoms with van der Waals surface area (Å²) in [6, 6.07) is 11.0. The third-order valence-corrected chi connectivity index (χ3v) is 3.33. The van der Waals surface area contributed by atoms with Crippen LogP contribution in [-0.2, 0) is 4.79 Å². The molecule has 0 fully saturated rings. The number of amides is 2. The van der Waals surface area contributed by atoms with Crippen molar-refractivity contribution in [2.75, 3.05) is 20.2 Å². The first-order chi connectivity index (χ1) is 10.7. The minimum absolute atomic E-state index is 0.0286. The third-order valence-electron chi connectivity index (χ3n) is 3.33. The van der Waals surface area contributed by atoms with E-state index in [1.807, 2.05) is 31.2 Å². The highest BCUT2D eigenvalue weighted by Gasteiger charge is 2.13. The van der Waals surface area contributed by atoms with E-state index in [1.165, 1.54) is 0 Å². The summed E-state index contributed by atoms with van der Waals surface area (Å²) in [6.07, 6.45) is 0.864. The normalized spacial score (nSPS) is 10.3. The Morgan fingerprint density at radius 2 is 1.77 bits per heavy atom. The van der Waals surface area contributed by atoms with E-state index in [0.717, 1.165) is 17.2 Å². The standard InChI is InChI=1S/C17H20N2O3/c1-3-10-18-16(20)11-19-17(21)14-8-9-15(22-2)13-7-5-4-6-12(13)14/h4-9H,3,10-11H2,1-2H3,(H,18,20)(H,19,21). The van der Waals surface area contributed by atoms with Crippen molar-refractivity contribution in [2.45, 2.75) is 13.3 Å². The van der Waals surface area contributed by atoms with Crippen molar-refractivity contribution in [3.8, 4) is 5.75 Å². The van der Waals surface area contributed by atoms with Crippen LogP contribution in [0.2, 0.25) is 0 Å². The Bertz CT molecular complexity index is 683. The third kappa shape index (κ3) is 3.55. The van der Waals surface area contributed by atoms with E-state index in [9.17, 15) is 9.59 Å². The molecule has 0 radical (unpaired) electrons. The Kier molecular flexibility index (Phi) is 5.36. The summed E-state index contributed by atoms with van der Waals surface area (Å²) >= 11 is 0. The van der Waals surface area contributed by atoms with Gasteiger partial charge in [-0.05, 0) is 23.9 Å². The van der Waals surface area contributed by atoms with Crippen molar-refractivity contribution in [1.29, 1.82) is 0 Å². The second-order valence-electron chi connectivity index (χ2n) is 4.89. The lowest BCUT2D eigenvalue weighted by Gasteiger charge is -2.11. The summed E-state index contributed by atoms with van der Waals surface area (Å²) in [5, 5.41) is 7.03. The number of nitrogens with one attached hydrogen (secondary N) is 2. The van der Waals surface area contributed by atoms with E-state index in [-0.39, 0.29) is 18.4 Å². The van der Waals surface area contributed by atoms with Crippen LogP contribution >= 0.6 is 0 Å². The summed E-state index contributed by atoms with van der Waals surface area (Å²) in [5.74, 6) is 0.256. The van der Waals surface area contributed by atoms with Gasteiger partial charge >= 0.3 is 0 Å². The van der Waals surface area contributed by atoms with Crippen molar-refractivity contribution in [1.82, 2.24) is 10.6 Å². The number of hydrogen-bond acceptors (Lipinski definition) is 3. The lowest BCUT2D eigenvalue weighted by molar-refractivity contribution is -0.120. The lowest BCUT2D eigenvalue weighted by Crippen LogP contribution is -2.37. The van der Waals surface area contributed by atoms with E-state index in [4.69, 9.17) is 4.74 Å². The van der Waals surface area contributed by atoms with Gasteiger partial charge in [0.2, 0.25) is 5.91 Å². The summed E-state index contributed by atoms with van der Waals surface area (Å²) < 4.78 is 5.31. The van der Waals surface area contributed by atoms with Crippen molar-refractivity contribution in [3.63, 3.8) is 0 Å². The molecule has 0 heterocycles. The zero-order chi connectivity index (χ0) is 15.9. The molecule has 0 aliphatic heterocycles. The molecule has 116 valence electrons. The number of carbonyl (C=O) groups excluding carboxylic acids is 2. The van der Waals surface area contributed by atoms with E-state index in [0.29, 0.717) is 17.9 Å². The fourth-order valence-corrected chi connectivity index (χ4v) is 2.23. The molecule has 0 bridgehead atoms. The summed E-state index contributed by atoms with van der Waals surface area (Å²) in [5.41, 5.74) is 0.527. The zero-order valence-electron chi connectivity index (χ0n) is 12.8.